The summed E-state index contributed by atoms with van der Waals surface area (Å²) in [5, 5.41) is 0. The van der Waals surface area contributed by atoms with Crippen LogP contribution in [0, 0.1) is 5.92 Å². The number of esters is 1. The molecular formula is C12H12F2O2. The molecule has 1 aliphatic carbocycles. The molecule has 16 heavy (non-hydrogen) atoms. The quantitative estimate of drug-likeness (QED) is 0.738. The van der Waals surface area contributed by atoms with Gasteiger partial charge in [0.05, 0.1) is 6.42 Å². The van der Waals surface area contributed by atoms with Crippen LogP contribution in [0.3, 0.4) is 0 Å². The van der Waals surface area contributed by atoms with Gasteiger partial charge in [0.15, 0.2) is 0 Å². The SMILES string of the molecule is O=C(CC1CC1(F)F)OCc1ccccc1. The largest absolute Gasteiger partial charge is 0.461 e. The van der Waals surface area contributed by atoms with Crippen LogP contribution < -0.4 is 0 Å². The number of rotatable bonds is 4. The molecular weight excluding hydrogens is 214 g/mol. The maximum absolute atomic E-state index is 12.5. The summed E-state index contributed by atoms with van der Waals surface area (Å²) in [4.78, 5) is 11.2. The van der Waals surface area contributed by atoms with Crippen LogP contribution in [0.5, 0.6) is 0 Å². The minimum atomic E-state index is -2.65. The van der Waals surface area contributed by atoms with Crippen LogP contribution in [0.2, 0.25) is 0 Å². The van der Waals surface area contributed by atoms with Gasteiger partial charge < -0.3 is 4.74 Å². The molecule has 0 aliphatic heterocycles. The van der Waals surface area contributed by atoms with E-state index in [4.69, 9.17) is 4.74 Å². The van der Waals surface area contributed by atoms with Gasteiger partial charge in [-0.2, -0.15) is 0 Å². The van der Waals surface area contributed by atoms with Gasteiger partial charge in [-0.3, -0.25) is 4.79 Å². The summed E-state index contributed by atoms with van der Waals surface area (Å²) in [6.07, 6.45) is -0.368. The highest BCUT2D eigenvalue weighted by molar-refractivity contribution is 5.70. The van der Waals surface area contributed by atoms with Crippen molar-refractivity contribution in [1.82, 2.24) is 0 Å². The second kappa shape index (κ2) is 4.20. The Morgan fingerprint density at radius 2 is 2.00 bits per heavy atom. The van der Waals surface area contributed by atoms with E-state index in [-0.39, 0.29) is 19.4 Å². The standard InChI is InChI=1S/C12H12F2O2/c13-12(14)7-10(12)6-11(15)16-8-9-4-2-1-3-5-9/h1-5,10H,6-8H2. The van der Waals surface area contributed by atoms with Crippen LogP contribution >= 0.6 is 0 Å². The number of hydrogen-bond donors (Lipinski definition) is 0. The molecule has 1 atom stereocenters. The first-order chi connectivity index (χ1) is 7.58. The molecule has 1 aromatic carbocycles. The molecule has 1 fully saturated rings. The molecule has 86 valence electrons. The van der Waals surface area contributed by atoms with E-state index in [1.54, 1.807) is 0 Å². The van der Waals surface area contributed by atoms with Crippen LogP contribution in [0.25, 0.3) is 0 Å². The van der Waals surface area contributed by atoms with Crippen LogP contribution in [-0.2, 0) is 16.1 Å². The fourth-order valence-corrected chi connectivity index (χ4v) is 1.49. The average molecular weight is 226 g/mol. The number of halogens is 2. The number of benzene rings is 1. The Labute approximate surface area is 92.2 Å². The average Bonchev–Trinajstić information content (AvgIpc) is 2.84. The van der Waals surface area contributed by atoms with E-state index in [0.717, 1.165) is 5.56 Å². The minimum Gasteiger partial charge on any atom is -0.461 e. The summed E-state index contributed by atoms with van der Waals surface area (Å²) in [5.41, 5.74) is 0.860. The van der Waals surface area contributed by atoms with Crippen molar-refractivity contribution < 1.29 is 18.3 Å². The van der Waals surface area contributed by atoms with Gasteiger partial charge in [-0.05, 0) is 5.56 Å². The highest BCUT2D eigenvalue weighted by Crippen LogP contribution is 2.50. The van der Waals surface area contributed by atoms with Gasteiger partial charge in [-0.25, -0.2) is 8.78 Å². The second-order valence-corrected chi connectivity index (χ2v) is 4.01. The predicted octanol–water partition coefficient (Wildman–Crippen LogP) is 2.78. The van der Waals surface area contributed by atoms with Crippen LogP contribution in [0.4, 0.5) is 8.78 Å². The fourth-order valence-electron chi connectivity index (χ4n) is 1.49. The van der Waals surface area contributed by atoms with Gasteiger partial charge in [0.2, 0.25) is 0 Å². The van der Waals surface area contributed by atoms with Crippen molar-refractivity contribution in [3.05, 3.63) is 35.9 Å². The van der Waals surface area contributed by atoms with Gasteiger partial charge in [0.1, 0.15) is 6.61 Å². The Bertz CT molecular complexity index is 376. The van der Waals surface area contributed by atoms with Crippen LogP contribution in [-0.4, -0.2) is 11.9 Å². The third kappa shape index (κ3) is 2.78. The highest BCUT2D eigenvalue weighted by Gasteiger charge is 2.57. The van der Waals surface area contributed by atoms with Crippen molar-refractivity contribution in [2.24, 2.45) is 5.92 Å². The molecule has 0 heterocycles. The van der Waals surface area contributed by atoms with E-state index < -0.39 is 17.8 Å². The maximum Gasteiger partial charge on any atom is 0.306 e. The molecule has 0 N–H and O–H groups in total. The molecule has 0 bridgehead atoms. The predicted molar refractivity (Wildman–Crippen MR) is 53.9 cm³/mol. The third-order valence-electron chi connectivity index (χ3n) is 2.61. The van der Waals surface area contributed by atoms with E-state index >= 15 is 0 Å². The van der Waals surface area contributed by atoms with Gasteiger partial charge in [0.25, 0.3) is 5.92 Å². The molecule has 1 unspecified atom stereocenters. The summed E-state index contributed by atoms with van der Waals surface area (Å²) >= 11 is 0. The molecule has 0 aromatic heterocycles. The Morgan fingerprint density at radius 3 is 2.56 bits per heavy atom. The Balaban J connectivity index is 1.73. The zero-order valence-electron chi connectivity index (χ0n) is 8.66. The zero-order chi connectivity index (χ0) is 11.6. The maximum atomic E-state index is 12.5. The van der Waals surface area contributed by atoms with Gasteiger partial charge in [-0.15, -0.1) is 0 Å². The summed E-state index contributed by atoms with van der Waals surface area (Å²) in [5.74, 6) is -4.01. The van der Waals surface area contributed by atoms with E-state index in [2.05, 4.69) is 0 Å². The smallest absolute Gasteiger partial charge is 0.306 e. The first-order valence-electron chi connectivity index (χ1n) is 5.15. The second-order valence-electron chi connectivity index (χ2n) is 4.01. The van der Waals surface area contributed by atoms with Crippen molar-refractivity contribution in [3.63, 3.8) is 0 Å². The molecule has 4 heteroatoms. The highest BCUT2D eigenvalue weighted by atomic mass is 19.3. The van der Waals surface area contributed by atoms with Crippen molar-refractivity contribution in [2.45, 2.75) is 25.4 Å². The molecule has 2 nitrogen and oxygen atoms in total. The van der Waals surface area contributed by atoms with E-state index in [1.165, 1.54) is 0 Å². The normalized spacial score (nSPS) is 21.5. The van der Waals surface area contributed by atoms with Crippen molar-refractivity contribution in [1.29, 1.82) is 0 Å². The number of hydrogen-bond acceptors (Lipinski definition) is 2. The van der Waals surface area contributed by atoms with Crippen molar-refractivity contribution in [2.75, 3.05) is 0 Å². The molecule has 2 rings (SSSR count). The van der Waals surface area contributed by atoms with Crippen LogP contribution in [0.1, 0.15) is 18.4 Å². The molecule has 0 spiro atoms. The number of ether oxygens (including phenoxy) is 1. The monoisotopic (exact) mass is 226 g/mol. The summed E-state index contributed by atoms with van der Waals surface area (Å²) in [6.45, 7) is 0.151. The Kier molecular flexibility index (Phi) is 2.90. The third-order valence-corrected chi connectivity index (χ3v) is 2.61. The summed E-state index contributed by atoms with van der Waals surface area (Å²) in [7, 11) is 0. The zero-order valence-corrected chi connectivity index (χ0v) is 8.66. The number of alkyl halides is 2. The van der Waals surface area contributed by atoms with Crippen molar-refractivity contribution >= 4 is 5.97 Å². The molecule has 0 amide bonds. The lowest BCUT2D eigenvalue weighted by molar-refractivity contribution is -0.146. The lowest BCUT2D eigenvalue weighted by atomic mass is 10.2. The summed E-state index contributed by atoms with van der Waals surface area (Å²) in [6, 6.07) is 9.16. The Morgan fingerprint density at radius 1 is 1.38 bits per heavy atom. The molecule has 0 saturated heterocycles. The lowest BCUT2D eigenvalue weighted by Gasteiger charge is -2.04. The Hall–Kier alpha value is -1.45. The van der Waals surface area contributed by atoms with Crippen LogP contribution in [0.15, 0.2) is 30.3 Å². The van der Waals surface area contributed by atoms with E-state index in [1.807, 2.05) is 30.3 Å². The molecule has 1 aromatic rings. The fraction of sp³-hybridized carbons (Fsp3) is 0.417. The molecule has 1 saturated carbocycles. The first kappa shape index (κ1) is 11.0. The van der Waals surface area contributed by atoms with E-state index in [0.29, 0.717) is 0 Å². The molecule has 1 aliphatic rings. The number of carbonyl (C=O) groups excluding carboxylic acids is 1. The van der Waals surface area contributed by atoms with Crippen molar-refractivity contribution in [3.8, 4) is 0 Å². The van der Waals surface area contributed by atoms with E-state index in [9.17, 15) is 13.6 Å². The minimum absolute atomic E-state index is 0.151. The van der Waals surface area contributed by atoms with Gasteiger partial charge in [-0.1, -0.05) is 30.3 Å². The lowest BCUT2D eigenvalue weighted by Crippen LogP contribution is -2.07. The number of carbonyl (C=O) groups is 1. The van der Waals surface area contributed by atoms with Gasteiger partial charge >= 0.3 is 5.97 Å². The topological polar surface area (TPSA) is 26.3 Å². The molecule has 0 radical (unpaired) electrons. The van der Waals surface area contributed by atoms with Gasteiger partial charge in [0, 0.05) is 12.3 Å². The first-order valence-corrected chi connectivity index (χ1v) is 5.15. The summed E-state index contributed by atoms with van der Waals surface area (Å²) < 4.78 is 29.9.